The number of hydrogen-bond acceptors (Lipinski definition) is 3. The molecule has 0 aliphatic heterocycles. The molecule has 3 N–H and O–H groups in total. The third-order valence-corrected chi connectivity index (χ3v) is 4.23. The maximum Gasteiger partial charge on any atom is 0.303 e. The van der Waals surface area contributed by atoms with Gasteiger partial charge < -0.3 is 15.3 Å². The third-order valence-electron chi connectivity index (χ3n) is 4.23. The lowest BCUT2D eigenvalue weighted by Gasteiger charge is -2.12. The number of aliphatic hydroxyl groups excluding tert-OH is 2. The Labute approximate surface area is 135 Å². The van der Waals surface area contributed by atoms with E-state index >= 15 is 0 Å². The first-order valence-corrected chi connectivity index (χ1v) is 9.14. The fourth-order valence-electron chi connectivity index (χ4n) is 2.63. The number of hydrogen-bond donors (Lipinski definition) is 3. The fraction of sp³-hybridized carbons (Fsp3) is 0.944. The Kier molecular flexibility index (Phi) is 14.9. The van der Waals surface area contributed by atoms with Crippen molar-refractivity contribution < 1.29 is 20.1 Å². The summed E-state index contributed by atoms with van der Waals surface area (Å²) in [6.45, 7) is 1.96. The van der Waals surface area contributed by atoms with Gasteiger partial charge >= 0.3 is 5.97 Å². The first-order valence-electron chi connectivity index (χ1n) is 9.14. The molecule has 0 aromatic carbocycles. The smallest absolute Gasteiger partial charge is 0.303 e. The zero-order valence-electron chi connectivity index (χ0n) is 14.3. The zero-order chi connectivity index (χ0) is 16.6. The molecule has 0 amide bonds. The number of carboxylic acid groups (broad SMARTS) is 1. The van der Waals surface area contributed by atoms with E-state index in [1.54, 1.807) is 0 Å². The Hall–Kier alpha value is -0.610. The number of unbranched alkanes of at least 4 members (excludes halogenated alkanes) is 8. The molecule has 0 rings (SSSR count). The molecule has 0 aliphatic carbocycles. The summed E-state index contributed by atoms with van der Waals surface area (Å²) in [5.41, 5.74) is 0. The van der Waals surface area contributed by atoms with Gasteiger partial charge in [0.1, 0.15) is 0 Å². The van der Waals surface area contributed by atoms with Crippen molar-refractivity contribution in [1.29, 1.82) is 0 Å². The molecule has 0 aliphatic rings. The molecule has 0 saturated carbocycles. The van der Waals surface area contributed by atoms with Gasteiger partial charge in [-0.25, -0.2) is 0 Å². The summed E-state index contributed by atoms with van der Waals surface area (Å²) < 4.78 is 0. The Balaban J connectivity index is 3.18. The van der Waals surface area contributed by atoms with Crippen LogP contribution in [-0.4, -0.2) is 33.5 Å². The van der Waals surface area contributed by atoms with Crippen LogP contribution in [0.5, 0.6) is 0 Å². The maximum absolute atomic E-state index is 10.3. The summed E-state index contributed by atoms with van der Waals surface area (Å²) in [5, 5.41) is 27.8. The number of rotatable bonds is 16. The second-order valence-electron chi connectivity index (χ2n) is 6.41. The normalized spacial score (nSPS) is 14.0. The van der Waals surface area contributed by atoms with Crippen LogP contribution < -0.4 is 0 Å². The highest BCUT2D eigenvalue weighted by Gasteiger charge is 2.07. The van der Waals surface area contributed by atoms with E-state index in [-0.39, 0.29) is 12.2 Å². The van der Waals surface area contributed by atoms with Gasteiger partial charge in [-0.05, 0) is 32.1 Å². The second kappa shape index (κ2) is 15.3. The van der Waals surface area contributed by atoms with Crippen molar-refractivity contribution in [3.8, 4) is 0 Å². The van der Waals surface area contributed by atoms with Crippen molar-refractivity contribution in [2.75, 3.05) is 0 Å². The van der Waals surface area contributed by atoms with Gasteiger partial charge in [-0.3, -0.25) is 4.79 Å². The minimum Gasteiger partial charge on any atom is -0.481 e. The predicted octanol–water partition coefficient (Wildman–Crippen LogP) is 4.27. The van der Waals surface area contributed by atoms with E-state index in [1.165, 1.54) is 32.1 Å². The molecule has 4 nitrogen and oxygen atoms in total. The average Bonchev–Trinajstić information content (AvgIpc) is 2.49. The molecular weight excluding hydrogens is 280 g/mol. The SMILES string of the molecule is CCC(O)CCC(O)CCCCCCCCCCCC(=O)O. The highest BCUT2D eigenvalue weighted by molar-refractivity contribution is 5.66. The Morgan fingerprint density at radius 3 is 1.68 bits per heavy atom. The van der Waals surface area contributed by atoms with Crippen LogP contribution in [0.25, 0.3) is 0 Å². The standard InChI is InChI=1S/C18H36O4/c1-2-16(19)14-15-17(20)12-10-8-6-4-3-5-7-9-11-13-18(21)22/h16-17,19-20H,2-15H2,1H3,(H,21,22). The van der Waals surface area contributed by atoms with Gasteiger partial charge in [0.2, 0.25) is 0 Å². The van der Waals surface area contributed by atoms with Gasteiger partial charge in [0.25, 0.3) is 0 Å². The minimum atomic E-state index is -0.689. The summed E-state index contributed by atoms with van der Waals surface area (Å²) >= 11 is 0. The first kappa shape index (κ1) is 21.4. The lowest BCUT2D eigenvalue weighted by molar-refractivity contribution is -0.137. The molecule has 0 bridgehead atoms. The van der Waals surface area contributed by atoms with E-state index in [0.717, 1.165) is 38.5 Å². The largest absolute Gasteiger partial charge is 0.481 e. The van der Waals surface area contributed by atoms with Crippen molar-refractivity contribution >= 4 is 5.97 Å². The van der Waals surface area contributed by atoms with E-state index in [4.69, 9.17) is 5.11 Å². The van der Waals surface area contributed by atoms with Crippen LogP contribution in [0.3, 0.4) is 0 Å². The van der Waals surface area contributed by atoms with Crippen molar-refractivity contribution in [1.82, 2.24) is 0 Å². The number of carboxylic acids is 1. The van der Waals surface area contributed by atoms with Crippen LogP contribution in [-0.2, 0) is 4.79 Å². The molecule has 0 aromatic rings. The number of carbonyl (C=O) groups is 1. The molecule has 0 saturated heterocycles. The monoisotopic (exact) mass is 316 g/mol. The van der Waals surface area contributed by atoms with Crippen molar-refractivity contribution in [2.24, 2.45) is 0 Å². The molecule has 2 atom stereocenters. The van der Waals surface area contributed by atoms with Crippen molar-refractivity contribution in [3.05, 3.63) is 0 Å². The predicted molar refractivity (Wildman–Crippen MR) is 90.0 cm³/mol. The summed E-state index contributed by atoms with van der Waals surface area (Å²) in [5.74, 6) is -0.689. The first-order chi connectivity index (χ1) is 10.6. The summed E-state index contributed by atoms with van der Waals surface area (Å²) in [4.78, 5) is 10.3. The molecule has 0 aromatic heterocycles. The molecule has 0 heterocycles. The Bertz CT molecular complexity index is 255. The van der Waals surface area contributed by atoms with Gasteiger partial charge in [0.05, 0.1) is 12.2 Å². The van der Waals surface area contributed by atoms with Crippen molar-refractivity contribution in [2.45, 2.75) is 109 Å². The maximum atomic E-state index is 10.3. The summed E-state index contributed by atoms with van der Waals surface area (Å²) in [7, 11) is 0. The minimum absolute atomic E-state index is 0.254. The van der Waals surface area contributed by atoms with E-state index in [2.05, 4.69) is 0 Å². The van der Waals surface area contributed by atoms with E-state index in [0.29, 0.717) is 19.3 Å². The van der Waals surface area contributed by atoms with Crippen molar-refractivity contribution in [3.63, 3.8) is 0 Å². The van der Waals surface area contributed by atoms with Crippen LogP contribution in [0.15, 0.2) is 0 Å². The lowest BCUT2D eigenvalue weighted by Crippen LogP contribution is -2.12. The van der Waals surface area contributed by atoms with Gasteiger partial charge in [-0.15, -0.1) is 0 Å². The second-order valence-corrected chi connectivity index (χ2v) is 6.41. The highest BCUT2D eigenvalue weighted by Crippen LogP contribution is 2.14. The van der Waals surface area contributed by atoms with E-state index < -0.39 is 5.97 Å². The molecular formula is C18H36O4. The molecule has 0 fully saturated rings. The van der Waals surface area contributed by atoms with Crippen LogP contribution in [0.2, 0.25) is 0 Å². The Morgan fingerprint density at radius 1 is 0.727 bits per heavy atom. The molecule has 0 radical (unpaired) electrons. The third kappa shape index (κ3) is 15.8. The van der Waals surface area contributed by atoms with Crippen LogP contribution in [0.4, 0.5) is 0 Å². The fourth-order valence-corrected chi connectivity index (χ4v) is 2.63. The highest BCUT2D eigenvalue weighted by atomic mass is 16.4. The Morgan fingerprint density at radius 2 is 1.18 bits per heavy atom. The van der Waals surface area contributed by atoms with Gasteiger partial charge in [-0.2, -0.15) is 0 Å². The van der Waals surface area contributed by atoms with Gasteiger partial charge in [0, 0.05) is 6.42 Å². The van der Waals surface area contributed by atoms with E-state index in [9.17, 15) is 15.0 Å². The number of aliphatic carboxylic acids is 1. The summed E-state index contributed by atoms with van der Waals surface area (Å²) in [6, 6.07) is 0. The van der Waals surface area contributed by atoms with E-state index in [1.807, 2.05) is 6.92 Å². The zero-order valence-corrected chi connectivity index (χ0v) is 14.3. The number of aliphatic hydroxyl groups is 2. The van der Waals surface area contributed by atoms with Gasteiger partial charge in [-0.1, -0.05) is 58.3 Å². The summed E-state index contributed by atoms with van der Waals surface area (Å²) in [6.07, 6.45) is 13.0. The van der Waals surface area contributed by atoms with Gasteiger partial charge in [0.15, 0.2) is 0 Å². The molecule has 4 heteroatoms. The lowest BCUT2D eigenvalue weighted by atomic mass is 10.0. The van der Waals surface area contributed by atoms with Crippen LogP contribution in [0.1, 0.15) is 96.8 Å². The molecule has 22 heavy (non-hydrogen) atoms. The molecule has 2 unspecified atom stereocenters. The quantitative estimate of drug-likeness (QED) is 0.371. The molecule has 0 spiro atoms. The van der Waals surface area contributed by atoms with Crippen LogP contribution in [0, 0.1) is 0 Å². The average molecular weight is 316 g/mol. The molecule has 132 valence electrons. The topological polar surface area (TPSA) is 77.8 Å². The van der Waals surface area contributed by atoms with Crippen LogP contribution >= 0.6 is 0 Å².